The van der Waals surface area contributed by atoms with E-state index in [0.717, 1.165) is 0 Å². The number of nitrogens with one attached hydrogen (secondary N) is 1. The summed E-state index contributed by atoms with van der Waals surface area (Å²) in [7, 11) is 0. The summed E-state index contributed by atoms with van der Waals surface area (Å²) < 4.78 is 5.42. The molecule has 0 spiro atoms. The number of carbonyl (C=O) groups excluding carboxylic acids is 2. The number of benzene rings is 3. The molecule has 0 aliphatic heterocycles. The minimum atomic E-state index is -0.542. The van der Waals surface area contributed by atoms with Crippen molar-refractivity contribution in [1.29, 1.82) is 0 Å². The third kappa shape index (κ3) is 5.57. The van der Waals surface area contributed by atoms with E-state index in [1.54, 1.807) is 54.6 Å². The normalized spacial score (nSPS) is 10.7. The van der Waals surface area contributed by atoms with Crippen molar-refractivity contribution >= 4 is 52.9 Å². The SMILES string of the molecule is O=C(Oc1ccccc1/C=N/NC(=O)c1ccc(Cl)cc1Cl)c1ccc(Cl)cc1. The van der Waals surface area contributed by atoms with Crippen LogP contribution in [0.3, 0.4) is 0 Å². The highest BCUT2D eigenvalue weighted by Gasteiger charge is 2.12. The van der Waals surface area contributed by atoms with Crippen LogP contribution in [-0.2, 0) is 0 Å². The lowest BCUT2D eigenvalue weighted by atomic mass is 10.2. The first-order valence-electron chi connectivity index (χ1n) is 8.29. The van der Waals surface area contributed by atoms with Gasteiger partial charge in [0.05, 0.1) is 22.4 Å². The van der Waals surface area contributed by atoms with Gasteiger partial charge in [0, 0.05) is 15.6 Å². The molecule has 8 heteroatoms. The number of esters is 1. The Morgan fingerprint density at radius 1 is 0.897 bits per heavy atom. The molecular formula is C21H13Cl3N2O3. The Bertz CT molecular complexity index is 1080. The van der Waals surface area contributed by atoms with Gasteiger partial charge < -0.3 is 4.74 Å². The highest BCUT2D eigenvalue weighted by atomic mass is 35.5. The van der Waals surface area contributed by atoms with Crippen molar-refractivity contribution in [2.24, 2.45) is 5.10 Å². The molecule has 0 bridgehead atoms. The first-order chi connectivity index (χ1) is 13.9. The second kappa shape index (κ2) is 9.56. The molecule has 1 N–H and O–H groups in total. The minimum Gasteiger partial charge on any atom is -0.422 e. The lowest BCUT2D eigenvalue weighted by molar-refractivity contribution is 0.0734. The molecule has 1 amide bonds. The van der Waals surface area contributed by atoms with E-state index in [9.17, 15) is 9.59 Å². The average molecular weight is 448 g/mol. The Labute approximate surface area is 181 Å². The molecule has 0 radical (unpaired) electrons. The summed E-state index contributed by atoms with van der Waals surface area (Å²) in [5.74, 6) is -0.756. The third-order valence-corrected chi connectivity index (χ3v) is 4.55. The Hall–Kier alpha value is -2.86. The van der Waals surface area contributed by atoms with Crippen LogP contribution in [0.1, 0.15) is 26.3 Å². The van der Waals surface area contributed by atoms with Crippen molar-refractivity contribution in [2.45, 2.75) is 0 Å². The zero-order valence-corrected chi connectivity index (χ0v) is 17.0. The lowest BCUT2D eigenvalue weighted by Crippen LogP contribution is -2.18. The molecule has 0 atom stereocenters. The van der Waals surface area contributed by atoms with Gasteiger partial charge in [-0.1, -0.05) is 46.9 Å². The van der Waals surface area contributed by atoms with Crippen LogP contribution in [0.15, 0.2) is 71.8 Å². The number of amides is 1. The molecule has 0 unspecified atom stereocenters. The second-order valence-corrected chi connectivity index (χ2v) is 7.04. The summed E-state index contributed by atoms with van der Waals surface area (Å²) in [6.45, 7) is 0. The van der Waals surface area contributed by atoms with Gasteiger partial charge in [0.25, 0.3) is 5.91 Å². The van der Waals surface area contributed by atoms with Gasteiger partial charge in [0.15, 0.2) is 0 Å². The molecule has 0 saturated heterocycles. The molecule has 0 aliphatic carbocycles. The largest absolute Gasteiger partial charge is 0.422 e. The van der Waals surface area contributed by atoms with Gasteiger partial charge in [-0.15, -0.1) is 0 Å². The molecule has 3 aromatic rings. The Morgan fingerprint density at radius 2 is 1.59 bits per heavy atom. The van der Waals surface area contributed by atoms with Crippen LogP contribution in [-0.4, -0.2) is 18.1 Å². The van der Waals surface area contributed by atoms with Gasteiger partial charge in [-0.2, -0.15) is 5.10 Å². The smallest absolute Gasteiger partial charge is 0.343 e. The van der Waals surface area contributed by atoms with Gasteiger partial charge in [-0.05, 0) is 54.6 Å². The topological polar surface area (TPSA) is 67.8 Å². The highest BCUT2D eigenvalue weighted by Crippen LogP contribution is 2.21. The summed E-state index contributed by atoms with van der Waals surface area (Å²) >= 11 is 17.7. The number of hydrogen-bond donors (Lipinski definition) is 1. The van der Waals surface area contributed by atoms with Crippen LogP contribution in [0.4, 0.5) is 0 Å². The molecule has 0 fully saturated rings. The average Bonchev–Trinajstić information content (AvgIpc) is 2.69. The van der Waals surface area contributed by atoms with Gasteiger partial charge >= 0.3 is 5.97 Å². The number of para-hydroxylation sites is 1. The fraction of sp³-hybridized carbons (Fsp3) is 0. The van der Waals surface area contributed by atoms with E-state index in [0.29, 0.717) is 21.2 Å². The summed E-state index contributed by atoms with van der Waals surface area (Å²) in [4.78, 5) is 24.5. The van der Waals surface area contributed by atoms with E-state index in [1.807, 2.05) is 0 Å². The van der Waals surface area contributed by atoms with Crippen LogP contribution >= 0.6 is 34.8 Å². The fourth-order valence-electron chi connectivity index (χ4n) is 2.32. The predicted octanol–water partition coefficient (Wildman–Crippen LogP) is 5.63. The number of ether oxygens (including phenoxy) is 1. The van der Waals surface area contributed by atoms with E-state index in [1.165, 1.54) is 18.3 Å². The first kappa shape index (κ1) is 20.9. The van der Waals surface area contributed by atoms with E-state index in [-0.39, 0.29) is 16.3 Å². The molecule has 5 nitrogen and oxygen atoms in total. The van der Waals surface area contributed by atoms with Crippen molar-refractivity contribution in [3.8, 4) is 5.75 Å². The molecule has 0 aliphatic rings. The number of carbonyl (C=O) groups is 2. The maximum atomic E-state index is 12.3. The van der Waals surface area contributed by atoms with Crippen LogP contribution in [0, 0.1) is 0 Å². The second-order valence-electron chi connectivity index (χ2n) is 5.76. The summed E-state index contributed by atoms with van der Waals surface area (Å²) in [5, 5.41) is 5.06. The zero-order valence-electron chi connectivity index (χ0n) is 14.7. The summed E-state index contributed by atoms with van der Waals surface area (Å²) in [6.07, 6.45) is 1.37. The number of halogens is 3. The van der Waals surface area contributed by atoms with Crippen LogP contribution in [0.25, 0.3) is 0 Å². The van der Waals surface area contributed by atoms with Gasteiger partial charge in [0.1, 0.15) is 5.75 Å². The predicted molar refractivity (Wildman–Crippen MR) is 114 cm³/mol. The van der Waals surface area contributed by atoms with Crippen molar-refractivity contribution in [1.82, 2.24) is 5.43 Å². The first-order valence-corrected chi connectivity index (χ1v) is 9.42. The molecule has 0 aromatic heterocycles. The van der Waals surface area contributed by atoms with Gasteiger partial charge in [0.2, 0.25) is 0 Å². The molecule has 3 rings (SSSR count). The maximum absolute atomic E-state index is 12.3. The summed E-state index contributed by atoms with van der Waals surface area (Å²) in [6, 6.07) is 17.6. The van der Waals surface area contributed by atoms with Crippen LogP contribution in [0.2, 0.25) is 15.1 Å². The molecular weight excluding hydrogens is 435 g/mol. The standard InChI is InChI=1S/C21H13Cl3N2O3/c22-15-7-5-13(6-8-15)21(28)29-19-4-2-1-3-14(19)12-25-26-20(27)17-10-9-16(23)11-18(17)24/h1-12H,(H,26,27)/b25-12+. The van der Waals surface area contributed by atoms with Crippen LogP contribution < -0.4 is 10.2 Å². The van der Waals surface area contributed by atoms with E-state index in [2.05, 4.69) is 10.5 Å². The quantitative estimate of drug-likeness (QED) is 0.238. The van der Waals surface area contributed by atoms with Crippen molar-refractivity contribution in [2.75, 3.05) is 0 Å². The van der Waals surface area contributed by atoms with Crippen LogP contribution in [0.5, 0.6) is 5.75 Å². The lowest BCUT2D eigenvalue weighted by Gasteiger charge is -2.07. The molecule has 0 saturated carbocycles. The van der Waals surface area contributed by atoms with E-state index in [4.69, 9.17) is 39.5 Å². The minimum absolute atomic E-state index is 0.211. The molecule has 3 aromatic carbocycles. The number of rotatable bonds is 5. The maximum Gasteiger partial charge on any atom is 0.343 e. The molecule has 0 heterocycles. The van der Waals surface area contributed by atoms with E-state index < -0.39 is 11.9 Å². The van der Waals surface area contributed by atoms with Crippen molar-refractivity contribution in [3.63, 3.8) is 0 Å². The van der Waals surface area contributed by atoms with Crippen molar-refractivity contribution < 1.29 is 14.3 Å². The van der Waals surface area contributed by atoms with E-state index >= 15 is 0 Å². The number of hydrazone groups is 1. The third-order valence-electron chi connectivity index (χ3n) is 3.75. The fourth-order valence-corrected chi connectivity index (χ4v) is 2.94. The monoisotopic (exact) mass is 446 g/mol. The Morgan fingerprint density at radius 3 is 2.31 bits per heavy atom. The number of nitrogens with zero attached hydrogens (tertiary/aromatic N) is 1. The zero-order chi connectivity index (χ0) is 20.8. The Balaban J connectivity index is 1.70. The van der Waals surface area contributed by atoms with Gasteiger partial charge in [-0.3, -0.25) is 4.79 Å². The Kier molecular flexibility index (Phi) is 6.88. The highest BCUT2D eigenvalue weighted by molar-refractivity contribution is 6.36. The van der Waals surface area contributed by atoms with Gasteiger partial charge in [-0.25, -0.2) is 10.2 Å². The summed E-state index contributed by atoms with van der Waals surface area (Å²) in [5.41, 5.74) is 3.46. The number of hydrogen-bond acceptors (Lipinski definition) is 4. The van der Waals surface area contributed by atoms with Crippen molar-refractivity contribution in [3.05, 3.63) is 98.5 Å². The molecule has 146 valence electrons. The molecule has 29 heavy (non-hydrogen) atoms.